The summed E-state index contributed by atoms with van der Waals surface area (Å²) in [6.07, 6.45) is 2.80. The van der Waals surface area contributed by atoms with Crippen molar-refractivity contribution in [3.8, 4) is 5.75 Å². The molecular weight excluding hydrogens is 422 g/mol. The number of methoxy groups -OCH3 is 1. The molecule has 0 atom stereocenters. The fourth-order valence-electron chi connectivity index (χ4n) is 2.51. The Balaban J connectivity index is 3.08. The summed E-state index contributed by atoms with van der Waals surface area (Å²) in [5.74, 6) is -0.697. The van der Waals surface area contributed by atoms with Gasteiger partial charge in [0.15, 0.2) is 0 Å². The van der Waals surface area contributed by atoms with Crippen molar-refractivity contribution in [3.63, 3.8) is 0 Å². The van der Waals surface area contributed by atoms with Crippen molar-refractivity contribution in [3.05, 3.63) is 29.8 Å². The van der Waals surface area contributed by atoms with Crippen molar-refractivity contribution in [2.24, 2.45) is 0 Å². The molecule has 0 aliphatic carbocycles. The Kier molecular flexibility index (Phi) is 9.67. The van der Waals surface area contributed by atoms with Crippen molar-refractivity contribution in [2.45, 2.75) is 31.3 Å². The summed E-state index contributed by atoms with van der Waals surface area (Å²) < 4.78 is 37.1. The number of benzene rings is 1. The van der Waals surface area contributed by atoms with Crippen LogP contribution in [0.1, 0.15) is 26.3 Å². The van der Waals surface area contributed by atoms with Gasteiger partial charge in [0.05, 0.1) is 7.11 Å². The van der Waals surface area contributed by atoms with Gasteiger partial charge in [0.25, 0.3) is 0 Å². The number of hydrogen-bond donors (Lipinski definition) is 1. The first-order valence-electron chi connectivity index (χ1n) is 9.74. The van der Waals surface area contributed by atoms with Crippen molar-refractivity contribution < 1.29 is 27.5 Å². The molecular formula is C21H33N3O6S. The second-order valence-corrected chi connectivity index (χ2v) is 9.96. The number of likely N-dealkylation sites (N-methyl/N-ethyl adjacent to an activating group) is 1. The van der Waals surface area contributed by atoms with Crippen molar-refractivity contribution in [2.75, 3.05) is 47.9 Å². The first-order valence-corrected chi connectivity index (χ1v) is 11.2. The molecule has 9 nitrogen and oxygen atoms in total. The topological polar surface area (TPSA) is 105 Å². The van der Waals surface area contributed by atoms with Gasteiger partial charge in [0.2, 0.25) is 15.9 Å². The monoisotopic (exact) mass is 455 g/mol. The molecule has 1 N–H and O–H groups in total. The van der Waals surface area contributed by atoms with E-state index < -0.39 is 21.6 Å². The fourth-order valence-corrected chi connectivity index (χ4v) is 3.43. The highest BCUT2D eigenvalue weighted by molar-refractivity contribution is 7.89. The molecule has 0 heterocycles. The molecule has 0 saturated carbocycles. The second-order valence-electron chi connectivity index (χ2n) is 8.10. The second kappa shape index (κ2) is 11.3. The Morgan fingerprint density at radius 2 is 1.81 bits per heavy atom. The van der Waals surface area contributed by atoms with Crippen LogP contribution in [0, 0.1) is 0 Å². The summed E-state index contributed by atoms with van der Waals surface area (Å²) in [7, 11) is 2.68. The molecule has 0 aliphatic rings. The van der Waals surface area contributed by atoms with Crippen LogP contribution in [0.5, 0.6) is 5.75 Å². The maximum atomic E-state index is 12.7. The van der Waals surface area contributed by atoms with Gasteiger partial charge in [-0.25, -0.2) is 13.1 Å². The predicted molar refractivity (Wildman–Crippen MR) is 119 cm³/mol. The van der Waals surface area contributed by atoms with E-state index in [2.05, 4.69) is 4.72 Å². The third kappa shape index (κ3) is 9.07. The van der Waals surface area contributed by atoms with Gasteiger partial charge in [0, 0.05) is 19.2 Å². The van der Waals surface area contributed by atoms with Gasteiger partial charge in [-0.2, -0.15) is 0 Å². The number of rotatable bonds is 10. The molecule has 0 aliphatic heterocycles. The van der Waals surface area contributed by atoms with E-state index in [4.69, 9.17) is 9.47 Å². The number of ether oxygens (including phenoxy) is 2. The lowest BCUT2D eigenvalue weighted by Gasteiger charge is -2.25. The van der Waals surface area contributed by atoms with Crippen LogP contribution >= 0.6 is 0 Å². The van der Waals surface area contributed by atoms with Gasteiger partial charge in [-0.15, -0.1) is 0 Å². The van der Waals surface area contributed by atoms with Gasteiger partial charge in [-0.1, -0.05) is 6.07 Å². The maximum Gasteiger partial charge on any atom is 0.326 e. The van der Waals surface area contributed by atoms with E-state index in [0.29, 0.717) is 18.7 Å². The average molecular weight is 456 g/mol. The molecule has 0 aromatic heterocycles. The number of sulfonamides is 1. The zero-order chi connectivity index (χ0) is 23.8. The molecule has 174 valence electrons. The number of esters is 1. The van der Waals surface area contributed by atoms with Gasteiger partial charge in [-0.3, -0.25) is 9.59 Å². The van der Waals surface area contributed by atoms with Gasteiger partial charge in [-0.05, 0) is 65.7 Å². The number of carbonyl (C=O) groups excluding carboxylic acids is 2. The Morgan fingerprint density at radius 1 is 1.16 bits per heavy atom. The van der Waals surface area contributed by atoms with E-state index in [1.54, 1.807) is 26.8 Å². The highest BCUT2D eigenvalue weighted by Crippen LogP contribution is 2.25. The summed E-state index contributed by atoms with van der Waals surface area (Å²) in [6, 6.07) is 4.56. The van der Waals surface area contributed by atoms with Crippen LogP contribution in [0.15, 0.2) is 29.2 Å². The highest BCUT2D eigenvalue weighted by atomic mass is 32.2. The zero-order valence-corrected chi connectivity index (χ0v) is 20.1. The maximum absolute atomic E-state index is 12.7. The Hall–Kier alpha value is -2.43. The Labute approximate surface area is 185 Å². The lowest BCUT2D eigenvalue weighted by atomic mass is 10.2. The van der Waals surface area contributed by atoms with Crippen molar-refractivity contribution in [1.29, 1.82) is 0 Å². The first-order chi connectivity index (χ1) is 14.3. The summed E-state index contributed by atoms with van der Waals surface area (Å²) in [4.78, 5) is 28.2. The minimum absolute atomic E-state index is 0.0367. The third-order valence-corrected chi connectivity index (χ3v) is 5.47. The zero-order valence-electron chi connectivity index (χ0n) is 19.3. The summed E-state index contributed by atoms with van der Waals surface area (Å²) in [5, 5.41) is 0. The predicted octanol–water partition coefficient (Wildman–Crippen LogP) is 1.35. The number of amides is 1. The smallest absolute Gasteiger partial charge is 0.326 e. The molecule has 0 unspecified atom stereocenters. The quantitative estimate of drug-likeness (QED) is 0.419. The summed E-state index contributed by atoms with van der Waals surface area (Å²) in [5.41, 5.74) is -0.158. The molecule has 0 fully saturated rings. The van der Waals surface area contributed by atoms with E-state index in [9.17, 15) is 18.0 Å². The average Bonchev–Trinajstić information content (AvgIpc) is 2.67. The first kappa shape index (κ1) is 26.6. The number of carbonyl (C=O) groups is 2. The highest BCUT2D eigenvalue weighted by Gasteiger charge is 2.21. The van der Waals surface area contributed by atoms with E-state index in [1.807, 2.05) is 19.0 Å². The van der Waals surface area contributed by atoms with Crippen molar-refractivity contribution in [1.82, 2.24) is 14.5 Å². The van der Waals surface area contributed by atoms with Crippen LogP contribution in [0.25, 0.3) is 6.08 Å². The molecule has 1 amide bonds. The molecule has 0 bridgehead atoms. The largest absolute Gasteiger partial charge is 0.495 e. The molecule has 1 aromatic carbocycles. The molecule has 31 heavy (non-hydrogen) atoms. The normalized spacial score (nSPS) is 12.3. The fraction of sp³-hybridized carbons (Fsp3) is 0.524. The standard InChI is InChI=1S/C21H33N3O6S/c1-21(2,3)30-20(26)15-24(13-12-23(5)6)19(25)11-9-16-8-10-17(29-7)18(14-16)31(27,28)22-4/h8-11,14,22H,12-13,15H2,1-7H3/b11-9+. The Morgan fingerprint density at radius 3 is 2.32 bits per heavy atom. The molecule has 0 spiro atoms. The number of nitrogens with zero attached hydrogens (tertiary/aromatic N) is 2. The van der Waals surface area contributed by atoms with E-state index in [0.717, 1.165) is 0 Å². The van der Waals surface area contributed by atoms with E-state index in [1.165, 1.54) is 43.3 Å². The summed E-state index contributed by atoms with van der Waals surface area (Å²) >= 11 is 0. The Bertz CT molecular complexity index is 904. The van der Waals surface area contributed by atoms with Crippen LogP contribution in [0.4, 0.5) is 0 Å². The van der Waals surface area contributed by atoms with Crippen molar-refractivity contribution >= 4 is 28.0 Å². The lowest BCUT2D eigenvalue weighted by molar-refractivity contribution is -0.158. The molecule has 0 saturated heterocycles. The van der Waals surface area contributed by atoms with Crippen LogP contribution in [-0.4, -0.2) is 83.6 Å². The lowest BCUT2D eigenvalue weighted by Crippen LogP contribution is -2.41. The summed E-state index contributed by atoms with van der Waals surface area (Å²) in [6.45, 7) is 5.99. The number of nitrogens with one attached hydrogen (secondary N) is 1. The van der Waals surface area contributed by atoms with E-state index >= 15 is 0 Å². The van der Waals surface area contributed by atoms with Crippen LogP contribution in [-0.2, 0) is 24.3 Å². The molecule has 1 rings (SSSR count). The SMILES string of the molecule is CNS(=O)(=O)c1cc(/C=C/C(=O)N(CCN(C)C)CC(=O)OC(C)(C)C)ccc1OC. The van der Waals surface area contributed by atoms with Crippen LogP contribution in [0.3, 0.4) is 0 Å². The van der Waals surface area contributed by atoms with Gasteiger partial charge < -0.3 is 19.3 Å². The van der Waals surface area contributed by atoms with Gasteiger partial charge >= 0.3 is 5.97 Å². The molecule has 0 radical (unpaired) electrons. The molecule has 1 aromatic rings. The number of hydrogen-bond acceptors (Lipinski definition) is 7. The minimum atomic E-state index is -3.74. The molecule has 10 heteroatoms. The van der Waals surface area contributed by atoms with Crippen LogP contribution < -0.4 is 9.46 Å². The third-order valence-electron chi connectivity index (χ3n) is 4.03. The van der Waals surface area contributed by atoms with Gasteiger partial charge in [0.1, 0.15) is 22.8 Å². The van der Waals surface area contributed by atoms with Crippen LogP contribution in [0.2, 0.25) is 0 Å². The minimum Gasteiger partial charge on any atom is -0.495 e. The van der Waals surface area contributed by atoms with E-state index in [-0.39, 0.29) is 23.1 Å².